The summed E-state index contributed by atoms with van der Waals surface area (Å²) in [4.78, 5) is 32.4. The maximum atomic E-state index is 11.3. The van der Waals surface area contributed by atoms with Crippen LogP contribution in [0.1, 0.15) is 52.5 Å². The van der Waals surface area contributed by atoms with Crippen molar-refractivity contribution in [1.82, 2.24) is 9.97 Å². The van der Waals surface area contributed by atoms with Gasteiger partial charge < -0.3 is 15.7 Å². The van der Waals surface area contributed by atoms with E-state index >= 15 is 0 Å². The van der Waals surface area contributed by atoms with E-state index in [4.69, 9.17) is 10.8 Å². The third kappa shape index (κ3) is 8.72. The highest BCUT2D eigenvalue weighted by Gasteiger charge is 2.23. The van der Waals surface area contributed by atoms with Gasteiger partial charge in [0.1, 0.15) is 5.69 Å². The molecule has 2 aromatic carbocycles. The van der Waals surface area contributed by atoms with Crippen molar-refractivity contribution in [3.8, 4) is 0 Å². The summed E-state index contributed by atoms with van der Waals surface area (Å²) in [6, 6.07) is 22.3. The average Bonchev–Trinajstić information content (AvgIpc) is 2.88. The van der Waals surface area contributed by atoms with Gasteiger partial charge in [-0.1, -0.05) is 60.7 Å². The second-order valence-electron chi connectivity index (χ2n) is 8.41. The molecule has 1 saturated heterocycles. The highest BCUT2D eigenvalue weighted by molar-refractivity contribution is 7.98. The molecule has 8 heteroatoms. The number of hydrogen-bond donors (Lipinski definition) is 2. The van der Waals surface area contributed by atoms with Gasteiger partial charge >= 0.3 is 5.97 Å². The van der Waals surface area contributed by atoms with Gasteiger partial charge in [0, 0.05) is 30.3 Å². The molecule has 0 radical (unpaired) electrons. The van der Waals surface area contributed by atoms with Crippen molar-refractivity contribution in [3.05, 3.63) is 89.2 Å². The average molecular weight is 493 g/mol. The number of aliphatic carboxylic acids is 1. The van der Waals surface area contributed by atoms with Crippen LogP contribution in [0.25, 0.3) is 0 Å². The zero-order valence-electron chi connectivity index (χ0n) is 20.0. The lowest BCUT2D eigenvalue weighted by atomic mass is 9.90. The van der Waals surface area contributed by atoms with Gasteiger partial charge in [-0.2, -0.15) is 11.8 Å². The lowest BCUT2D eigenvalue weighted by Gasteiger charge is -2.32. The molecule has 1 fully saturated rings. The normalized spacial score (nSPS) is 13.6. The monoisotopic (exact) mass is 492 g/mol. The summed E-state index contributed by atoms with van der Waals surface area (Å²) in [5.41, 5.74) is 9.03. The first-order valence-electron chi connectivity index (χ1n) is 11.7. The van der Waals surface area contributed by atoms with Crippen LogP contribution < -0.4 is 10.6 Å². The Bertz CT molecular complexity index is 1090. The lowest BCUT2D eigenvalue weighted by molar-refractivity contribution is -0.136. The van der Waals surface area contributed by atoms with Crippen LogP contribution in [0.4, 0.5) is 5.95 Å². The van der Waals surface area contributed by atoms with Crippen LogP contribution in [0.15, 0.2) is 66.7 Å². The van der Waals surface area contributed by atoms with Crippen LogP contribution in [-0.4, -0.2) is 45.8 Å². The van der Waals surface area contributed by atoms with Crippen LogP contribution >= 0.6 is 11.8 Å². The van der Waals surface area contributed by atoms with Gasteiger partial charge in [0.05, 0.1) is 6.42 Å². The standard InChI is InChI=1S/C17H20N4O.C10H12O2S/c1-12-11-15(16(18)22)20-17(19-12)21-9-7-14(8-10-21)13-5-3-2-4-6-13;11-10(12)6-7-13-8-9-4-2-1-3-5-9/h2-6,11,14H,7-10H2,1H3,(H2,18,22);1-5H,6-8H2,(H,11,12). The molecule has 0 saturated carbocycles. The minimum absolute atomic E-state index is 0.248. The lowest BCUT2D eigenvalue weighted by Crippen LogP contribution is -2.34. The maximum Gasteiger partial charge on any atom is 0.304 e. The SMILES string of the molecule is Cc1cc(C(N)=O)nc(N2CCC(c3ccccc3)CC2)n1.O=C(O)CCSCc1ccccc1. The number of piperidine rings is 1. The van der Waals surface area contributed by atoms with E-state index in [0.717, 1.165) is 37.4 Å². The van der Waals surface area contributed by atoms with Gasteiger partial charge in [0.2, 0.25) is 5.95 Å². The van der Waals surface area contributed by atoms with E-state index in [-0.39, 0.29) is 12.1 Å². The quantitative estimate of drug-likeness (QED) is 0.440. The summed E-state index contributed by atoms with van der Waals surface area (Å²) in [6.45, 7) is 3.64. The number of aromatic nitrogens is 2. The van der Waals surface area contributed by atoms with E-state index in [0.29, 0.717) is 17.6 Å². The molecule has 35 heavy (non-hydrogen) atoms. The summed E-state index contributed by atoms with van der Waals surface area (Å²) in [5.74, 6) is 1.54. The molecule has 0 spiro atoms. The van der Waals surface area contributed by atoms with Gasteiger partial charge in [-0.15, -0.1) is 0 Å². The van der Waals surface area contributed by atoms with E-state index in [1.165, 1.54) is 11.1 Å². The van der Waals surface area contributed by atoms with E-state index in [9.17, 15) is 9.59 Å². The Kier molecular flexibility index (Phi) is 10.1. The number of thioether (sulfide) groups is 1. The molecular formula is C27H32N4O3S. The number of carbonyl (C=O) groups is 2. The molecule has 1 aliphatic heterocycles. The molecule has 0 aliphatic carbocycles. The molecule has 1 amide bonds. The third-order valence-electron chi connectivity index (χ3n) is 5.72. The fourth-order valence-electron chi connectivity index (χ4n) is 3.88. The summed E-state index contributed by atoms with van der Waals surface area (Å²) in [6.07, 6.45) is 2.37. The van der Waals surface area contributed by atoms with Crippen molar-refractivity contribution in [2.24, 2.45) is 5.73 Å². The van der Waals surface area contributed by atoms with Crippen LogP contribution in [0.2, 0.25) is 0 Å². The number of hydrogen-bond acceptors (Lipinski definition) is 6. The number of amides is 1. The van der Waals surface area contributed by atoms with Crippen molar-refractivity contribution in [3.63, 3.8) is 0 Å². The molecule has 184 valence electrons. The van der Waals surface area contributed by atoms with Crippen LogP contribution in [0, 0.1) is 6.92 Å². The molecule has 3 N–H and O–H groups in total. The molecule has 3 aromatic rings. The first kappa shape index (κ1) is 26.2. The fourth-order valence-corrected chi connectivity index (χ4v) is 4.77. The van der Waals surface area contributed by atoms with E-state index < -0.39 is 11.9 Å². The first-order chi connectivity index (χ1) is 16.9. The van der Waals surface area contributed by atoms with Crippen LogP contribution in [0.5, 0.6) is 0 Å². The maximum absolute atomic E-state index is 11.3. The topological polar surface area (TPSA) is 109 Å². The Morgan fingerprint density at radius 1 is 1.03 bits per heavy atom. The number of aryl methyl sites for hydroxylation is 1. The van der Waals surface area contributed by atoms with Gasteiger partial charge in [0.15, 0.2) is 0 Å². The highest BCUT2D eigenvalue weighted by Crippen LogP contribution is 2.29. The number of nitrogens with two attached hydrogens (primary N) is 1. The summed E-state index contributed by atoms with van der Waals surface area (Å²) >= 11 is 1.65. The largest absolute Gasteiger partial charge is 0.481 e. The van der Waals surface area contributed by atoms with Gasteiger partial charge in [-0.3, -0.25) is 9.59 Å². The number of benzene rings is 2. The predicted octanol–water partition coefficient (Wildman–Crippen LogP) is 4.66. The number of nitrogens with zero attached hydrogens (tertiary/aromatic N) is 3. The van der Waals surface area contributed by atoms with E-state index in [1.54, 1.807) is 17.8 Å². The molecule has 2 heterocycles. The minimum atomic E-state index is -0.722. The zero-order valence-corrected chi connectivity index (χ0v) is 20.8. The number of anilines is 1. The number of rotatable bonds is 8. The first-order valence-corrected chi connectivity index (χ1v) is 12.9. The summed E-state index contributed by atoms with van der Waals surface area (Å²) in [7, 11) is 0. The third-order valence-corrected chi connectivity index (χ3v) is 6.75. The van der Waals surface area contributed by atoms with Crippen molar-refractivity contribution in [1.29, 1.82) is 0 Å². The van der Waals surface area contributed by atoms with Gasteiger partial charge in [-0.25, -0.2) is 9.97 Å². The molecule has 0 atom stereocenters. The van der Waals surface area contributed by atoms with Crippen LogP contribution in [0.3, 0.4) is 0 Å². The van der Waals surface area contributed by atoms with Crippen molar-refractivity contribution < 1.29 is 14.7 Å². The molecule has 1 aliphatic rings. The molecule has 0 unspecified atom stereocenters. The van der Waals surface area contributed by atoms with Crippen molar-refractivity contribution >= 4 is 29.6 Å². The van der Waals surface area contributed by atoms with Gasteiger partial charge in [0.25, 0.3) is 5.91 Å². The molecule has 1 aromatic heterocycles. The second-order valence-corrected chi connectivity index (χ2v) is 9.52. The molecule has 0 bridgehead atoms. The number of carboxylic acid groups (broad SMARTS) is 1. The smallest absolute Gasteiger partial charge is 0.304 e. The number of carboxylic acids is 1. The van der Waals surface area contributed by atoms with Crippen molar-refractivity contribution in [2.45, 2.75) is 37.9 Å². The molecule has 7 nitrogen and oxygen atoms in total. The summed E-state index contributed by atoms with van der Waals surface area (Å²) in [5, 5.41) is 8.40. The van der Waals surface area contributed by atoms with E-state index in [2.05, 4.69) is 39.1 Å². The zero-order chi connectivity index (χ0) is 25.0. The minimum Gasteiger partial charge on any atom is -0.481 e. The Hall–Kier alpha value is -3.39. The molecular weight excluding hydrogens is 460 g/mol. The van der Waals surface area contributed by atoms with E-state index in [1.807, 2.05) is 43.3 Å². The summed E-state index contributed by atoms with van der Waals surface area (Å²) < 4.78 is 0. The highest BCUT2D eigenvalue weighted by atomic mass is 32.2. The van der Waals surface area contributed by atoms with Crippen LogP contribution in [-0.2, 0) is 10.5 Å². The molecule has 4 rings (SSSR count). The predicted molar refractivity (Wildman–Crippen MR) is 141 cm³/mol. The van der Waals surface area contributed by atoms with Crippen molar-refractivity contribution in [2.75, 3.05) is 23.7 Å². The van der Waals surface area contributed by atoms with Gasteiger partial charge in [-0.05, 0) is 42.9 Å². The number of primary amides is 1. The second kappa shape index (κ2) is 13.5. The Labute approximate surface area is 210 Å². The Balaban J connectivity index is 0.000000225. The Morgan fingerprint density at radius 2 is 1.66 bits per heavy atom. The number of carbonyl (C=O) groups excluding carboxylic acids is 1. The Morgan fingerprint density at radius 3 is 2.26 bits per heavy atom. The fraction of sp³-hybridized carbons (Fsp3) is 0.333.